The lowest BCUT2D eigenvalue weighted by Gasteiger charge is -2.27. The molecule has 1 saturated carbocycles. The van der Waals surface area contributed by atoms with Crippen molar-refractivity contribution in [2.45, 2.75) is 25.3 Å². The summed E-state index contributed by atoms with van der Waals surface area (Å²) in [6.45, 7) is 1.74. The number of likely N-dealkylation sites (tertiary alicyclic amines) is 1. The smallest absolute Gasteiger partial charge is 0.274 e. The van der Waals surface area contributed by atoms with Gasteiger partial charge >= 0.3 is 0 Å². The number of carbonyl (C=O) groups excluding carboxylic acids is 1. The number of hydrogen-bond donors (Lipinski definition) is 1. The normalized spacial score (nSPS) is 31.4. The highest BCUT2D eigenvalue weighted by Crippen LogP contribution is 2.36. The fourth-order valence-electron chi connectivity index (χ4n) is 3.32. The van der Waals surface area contributed by atoms with Crippen molar-refractivity contribution in [1.82, 2.24) is 14.7 Å². The standard InChI is InChI=1S/C13H20N4O/c1-16-5-4-12(15-16)13(18)17-7-9-2-3-11(14)6-10(9)8-17/h4-5,9-11H,2-3,6-8,14H2,1H3/t9-,10+,11?/m1/s1. The summed E-state index contributed by atoms with van der Waals surface area (Å²) in [6, 6.07) is 2.12. The van der Waals surface area contributed by atoms with E-state index in [1.54, 1.807) is 10.7 Å². The summed E-state index contributed by atoms with van der Waals surface area (Å²) in [7, 11) is 1.83. The minimum Gasteiger partial charge on any atom is -0.337 e. The second-order valence-corrected chi connectivity index (χ2v) is 5.68. The first-order valence-corrected chi connectivity index (χ1v) is 6.68. The highest BCUT2D eigenvalue weighted by atomic mass is 16.2. The molecule has 1 aromatic heterocycles. The van der Waals surface area contributed by atoms with Crippen LogP contribution in [0.2, 0.25) is 0 Å². The summed E-state index contributed by atoms with van der Waals surface area (Å²) in [5, 5.41) is 4.19. The number of fused-ring (bicyclic) bond motifs is 1. The summed E-state index contributed by atoms with van der Waals surface area (Å²) in [4.78, 5) is 14.3. The van der Waals surface area contributed by atoms with Crippen LogP contribution >= 0.6 is 0 Å². The molecule has 2 N–H and O–H groups in total. The Bertz CT molecular complexity index is 456. The molecule has 1 saturated heterocycles. The van der Waals surface area contributed by atoms with E-state index in [1.807, 2.05) is 18.1 Å². The van der Waals surface area contributed by atoms with Crippen LogP contribution in [0.4, 0.5) is 0 Å². The molecule has 0 aromatic carbocycles. The predicted octanol–water partition coefficient (Wildman–Crippen LogP) is 0.620. The van der Waals surface area contributed by atoms with Gasteiger partial charge in [-0.2, -0.15) is 5.10 Å². The highest BCUT2D eigenvalue weighted by Gasteiger charge is 2.39. The molecule has 5 nitrogen and oxygen atoms in total. The van der Waals surface area contributed by atoms with E-state index < -0.39 is 0 Å². The van der Waals surface area contributed by atoms with E-state index in [-0.39, 0.29) is 5.91 Å². The van der Waals surface area contributed by atoms with Gasteiger partial charge in [0.1, 0.15) is 5.69 Å². The van der Waals surface area contributed by atoms with Crippen LogP contribution < -0.4 is 5.73 Å². The number of hydrogen-bond acceptors (Lipinski definition) is 3. The Hall–Kier alpha value is -1.36. The van der Waals surface area contributed by atoms with Crippen molar-refractivity contribution < 1.29 is 4.79 Å². The van der Waals surface area contributed by atoms with Gasteiger partial charge < -0.3 is 10.6 Å². The van der Waals surface area contributed by atoms with Crippen molar-refractivity contribution in [3.63, 3.8) is 0 Å². The second-order valence-electron chi connectivity index (χ2n) is 5.68. The number of aromatic nitrogens is 2. The molecular formula is C13H20N4O. The van der Waals surface area contributed by atoms with Crippen LogP contribution in [0.5, 0.6) is 0 Å². The topological polar surface area (TPSA) is 64.2 Å². The molecule has 2 heterocycles. The summed E-state index contributed by atoms with van der Waals surface area (Å²) >= 11 is 0. The van der Waals surface area contributed by atoms with Crippen molar-refractivity contribution >= 4 is 5.91 Å². The minimum absolute atomic E-state index is 0.0681. The Morgan fingerprint density at radius 3 is 2.89 bits per heavy atom. The van der Waals surface area contributed by atoms with E-state index >= 15 is 0 Å². The van der Waals surface area contributed by atoms with E-state index in [2.05, 4.69) is 5.10 Å². The lowest BCUT2D eigenvalue weighted by Crippen LogP contribution is -2.32. The van der Waals surface area contributed by atoms with Gasteiger partial charge in [-0.25, -0.2) is 0 Å². The third-order valence-corrected chi connectivity index (χ3v) is 4.31. The maximum absolute atomic E-state index is 12.3. The van der Waals surface area contributed by atoms with Gasteiger partial charge in [0, 0.05) is 32.4 Å². The Morgan fingerprint density at radius 2 is 2.17 bits per heavy atom. The molecule has 1 aliphatic heterocycles. The molecule has 1 amide bonds. The van der Waals surface area contributed by atoms with Crippen LogP contribution in [-0.4, -0.2) is 39.7 Å². The largest absolute Gasteiger partial charge is 0.337 e. The summed E-state index contributed by atoms with van der Waals surface area (Å²) in [5.41, 5.74) is 6.56. The van der Waals surface area contributed by atoms with Crippen molar-refractivity contribution in [2.24, 2.45) is 24.6 Å². The zero-order chi connectivity index (χ0) is 12.7. The van der Waals surface area contributed by atoms with Crippen molar-refractivity contribution in [3.8, 4) is 0 Å². The van der Waals surface area contributed by atoms with Crippen molar-refractivity contribution in [2.75, 3.05) is 13.1 Å². The Labute approximate surface area is 107 Å². The molecule has 5 heteroatoms. The molecule has 0 spiro atoms. The van der Waals surface area contributed by atoms with Gasteiger partial charge in [0.05, 0.1) is 0 Å². The second kappa shape index (κ2) is 4.39. The van der Waals surface area contributed by atoms with Gasteiger partial charge in [0.15, 0.2) is 0 Å². The molecule has 1 aliphatic carbocycles. The monoisotopic (exact) mass is 248 g/mol. The van der Waals surface area contributed by atoms with Crippen LogP contribution in [0.15, 0.2) is 12.3 Å². The Kier molecular flexibility index (Phi) is 2.86. The Balaban J connectivity index is 1.70. The molecule has 18 heavy (non-hydrogen) atoms. The van der Waals surface area contributed by atoms with Crippen LogP contribution in [0.25, 0.3) is 0 Å². The number of nitrogens with two attached hydrogens (primary N) is 1. The Morgan fingerprint density at radius 1 is 1.39 bits per heavy atom. The number of aryl methyl sites for hydroxylation is 1. The van der Waals surface area contributed by atoms with Gasteiger partial charge in [0.25, 0.3) is 5.91 Å². The number of amides is 1. The average molecular weight is 248 g/mol. The van der Waals surface area contributed by atoms with E-state index in [4.69, 9.17) is 5.73 Å². The van der Waals surface area contributed by atoms with Gasteiger partial charge in [0.2, 0.25) is 0 Å². The maximum Gasteiger partial charge on any atom is 0.274 e. The van der Waals surface area contributed by atoms with E-state index in [0.717, 1.165) is 32.4 Å². The van der Waals surface area contributed by atoms with Gasteiger partial charge in [-0.3, -0.25) is 9.48 Å². The average Bonchev–Trinajstić information content (AvgIpc) is 2.93. The summed E-state index contributed by atoms with van der Waals surface area (Å²) < 4.78 is 1.67. The van der Waals surface area contributed by atoms with E-state index in [0.29, 0.717) is 23.6 Å². The van der Waals surface area contributed by atoms with Crippen molar-refractivity contribution in [1.29, 1.82) is 0 Å². The zero-order valence-electron chi connectivity index (χ0n) is 10.7. The lowest BCUT2D eigenvalue weighted by molar-refractivity contribution is 0.0777. The lowest BCUT2D eigenvalue weighted by atomic mass is 9.79. The molecule has 2 fully saturated rings. The third-order valence-electron chi connectivity index (χ3n) is 4.31. The van der Waals surface area contributed by atoms with Gasteiger partial charge in [-0.1, -0.05) is 0 Å². The first-order chi connectivity index (χ1) is 8.63. The zero-order valence-corrected chi connectivity index (χ0v) is 10.7. The maximum atomic E-state index is 12.3. The van der Waals surface area contributed by atoms with Crippen molar-refractivity contribution in [3.05, 3.63) is 18.0 Å². The fourth-order valence-corrected chi connectivity index (χ4v) is 3.32. The van der Waals surface area contributed by atoms with Crippen LogP contribution in [0.3, 0.4) is 0 Å². The molecule has 3 atom stereocenters. The third kappa shape index (κ3) is 2.03. The first-order valence-electron chi connectivity index (χ1n) is 6.68. The molecule has 0 bridgehead atoms. The van der Waals surface area contributed by atoms with Crippen LogP contribution in [0, 0.1) is 11.8 Å². The molecule has 98 valence electrons. The number of carbonyl (C=O) groups is 1. The van der Waals surface area contributed by atoms with Crippen LogP contribution in [-0.2, 0) is 7.05 Å². The molecule has 2 aliphatic rings. The highest BCUT2D eigenvalue weighted by molar-refractivity contribution is 5.92. The molecule has 0 radical (unpaired) electrons. The molecule has 1 aromatic rings. The first kappa shape index (κ1) is 11.7. The summed E-state index contributed by atoms with van der Waals surface area (Å²) in [6.07, 6.45) is 5.15. The minimum atomic E-state index is 0.0681. The number of nitrogens with zero attached hydrogens (tertiary/aromatic N) is 3. The molecule has 3 rings (SSSR count). The summed E-state index contributed by atoms with van der Waals surface area (Å²) in [5.74, 6) is 1.32. The van der Waals surface area contributed by atoms with Gasteiger partial charge in [-0.05, 0) is 37.2 Å². The van der Waals surface area contributed by atoms with E-state index in [1.165, 1.54) is 0 Å². The quantitative estimate of drug-likeness (QED) is 0.792. The number of rotatable bonds is 1. The van der Waals surface area contributed by atoms with E-state index in [9.17, 15) is 4.79 Å². The van der Waals surface area contributed by atoms with Gasteiger partial charge in [-0.15, -0.1) is 0 Å². The molecule has 1 unspecified atom stereocenters. The molecular weight excluding hydrogens is 228 g/mol. The predicted molar refractivity (Wildman–Crippen MR) is 67.9 cm³/mol. The fraction of sp³-hybridized carbons (Fsp3) is 0.692. The SMILES string of the molecule is Cn1ccc(C(=O)N2C[C@H]3CCC(N)C[C@H]3C2)n1. The van der Waals surface area contributed by atoms with Crippen LogP contribution in [0.1, 0.15) is 29.8 Å².